The molecule has 0 aliphatic heterocycles. The van der Waals surface area contributed by atoms with E-state index >= 15 is 0 Å². The molecule has 0 saturated heterocycles. The molecule has 0 bridgehead atoms. The molecule has 2 N–H and O–H groups in total. The molecule has 4 heteroatoms. The third-order valence-corrected chi connectivity index (χ3v) is 2.99. The minimum Gasteiger partial charge on any atom is -0.497 e. The van der Waals surface area contributed by atoms with Crippen molar-refractivity contribution in [1.82, 2.24) is 0 Å². The Kier molecular flexibility index (Phi) is 4.85. The Hall–Kier alpha value is -2.20. The van der Waals surface area contributed by atoms with Gasteiger partial charge in [0.15, 0.2) is 0 Å². The molecule has 0 aromatic heterocycles. The molecule has 0 unspecified atom stereocenters. The second-order valence-electron chi connectivity index (χ2n) is 4.42. The van der Waals surface area contributed by atoms with E-state index in [1.54, 1.807) is 14.2 Å². The number of ether oxygens (including phenoxy) is 3. The molecule has 2 aromatic rings. The van der Waals surface area contributed by atoms with E-state index in [4.69, 9.17) is 19.9 Å². The number of rotatable bonds is 6. The number of hydrogen-bond acceptors (Lipinski definition) is 4. The Bertz CT molecular complexity index is 552. The first-order valence-corrected chi connectivity index (χ1v) is 6.36. The quantitative estimate of drug-likeness (QED) is 0.822. The van der Waals surface area contributed by atoms with Crippen molar-refractivity contribution in [3.05, 3.63) is 53.6 Å². The van der Waals surface area contributed by atoms with Crippen molar-refractivity contribution in [3.63, 3.8) is 0 Å². The molecule has 0 fully saturated rings. The fourth-order valence-corrected chi connectivity index (χ4v) is 1.88. The van der Waals surface area contributed by atoms with Crippen LogP contribution in [0.3, 0.4) is 0 Å². The van der Waals surface area contributed by atoms with E-state index < -0.39 is 0 Å². The molecule has 4 nitrogen and oxygen atoms in total. The first-order chi connectivity index (χ1) is 9.72. The molecule has 20 heavy (non-hydrogen) atoms. The smallest absolute Gasteiger partial charge is 0.141 e. The maximum absolute atomic E-state index is 5.85. The van der Waals surface area contributed by atoms with Gasteiger partial charge in [0, 0.05) is 0 Å². The average molecular weight is 273 g/mol. The van der Waals surface area contributed by atoms with Gasteiger partial charge in [-0.3, -0.25) is 0 Å². The lowest BCUT2D eigenvalue weighted by Crippen LogP contribution is -1.97. The molecule has 0 amide bonds. The fourth-order valence-electron chi connectivity index (χ4n) is 1.88. The van der Waals surface area contributed by atoms with Crippen LogP contribution in [0.1, 0.15) is 11.1 Å². The zero-order chi connectivity index (χ0) is 14.4. The van der Waals surface area contributed by atoms with Crippen molar-refractivity contribution in [1.29, 1.82) is 0 Å². The van der Waals surface area contributed by atoms with Crippen LogP contribution < -0.4 is 15.2 Å². The Labute approximate surface area is 119 Å². The highest BCUT2D eigenvalue weighted by atomic mass is 16.5. The summed E-state index contributed by atoms with van der Waals surface area (Å²) in [6, 6.07) is 13.5. The number of hydrogen-bond donors (Lipinski definition) is 1. The Morgan fingerprint density at radius 2 is 1.50 bits per heavy atom. The summed E-state index contributed by atoms with van der Waals surface area (Å²) in [7, 11) is 3.26. The highest BCUT2D eigenvalue weighted by molar-refractivity contribution is 5.54. The Morgan fingerprint density at radius 1 is 0.850 bits per heavy atom. The molecular weight excluding hydrogens is 254 g/mol. The van der Waals surface area contributed by atoms with Crippen molar-refractivity contribution < 1.29 is 14.2 Å². The van der Waals surface area contributed by atoms with Crippen LogP contribution in [-0.2, 0) is 18.0 Å². The zero-order valence-corrected chi connectivity index (χ0v) is 11.8. The average Bonchev–Trinajstić information content (AvgIpc) is 2.48. The lowest BCUT2D eigenvalue weighted by atomic mass is 10.2. The minimum absolute atomic E-state index is 0.514. The number of methoxy groups -OCH3 is 2. The summed E-state index contributed by atoms with van der Waals surface area (Å²) >= 11 is 0. The third-order valence-electron chi connectivity index (χ3n) is 2.99. The van der Waals surface area contributed by atoms with Crippen LogP contribution in [0.15, 0.2) is 42.5 Å². The van der Waals surface area contributed by atoms with Crippen molar-refractivity contribution in [2.75, 3.05) is 20.0 Å². The zero-order valence-electron chi connectivity index (χ0n) is 11.8. The van der Waals surface area contributed by atoms with E-state index in [-0.39, 0.29) is 0 Å². The maximum Gasteiger partial charge on any atom is 0.141 e. The normalized spacial score (nSPS) is 10.3. The Balaban J connectivity index is 1.87. The van der Waals surface area contributed by atoms with Crippen LogP contribution in [0.25, 0.3) is 0 Å². The van der Waals surface area contributed by atoms with Crippen molar-refractivity contribution in [2.24, 2.45) is 0 Å². The van der Waals surface area contributed by atoms with Crippen molar-refractivity contribution in [2.45, 2.75) is 13.2 Å². The third kappa shape index (κ3) is 3.65. The predicted molar refractivity (Wildman–Crippen MR) is 78.9 cm³/mol. The number of nitrogens with two attached hydrogens (primary N) is 1. The second kappa shape index (κ2) is 6.82. The van der Waals surface area contributed by atoms with E-state index in [0.29, 0.717) is 24.7 Å². The van der Waals surface area contributed by atoms with Crippen molar-refractivity contribution in [3.8, 4) is 11.5 Å². The van der Waals surface area contributed by atoms with Gasteiger partial charge in [0.2, 0.25) is 0 Å². The second-order valence-corrected chi connectivity index (χ2v) is 4.42. The van der Waals surface area contributed by atoms with Crippen LogP contribution in [0.2, 0.25) is 0 Å². The summed E-state index contributed by atoms with van der Waals surface area (Å²) in [4.78, 5) is 0. The lowest BCUT2D eigenvalue weighted by Gasteiger charge is -2.08. The minimum atomic E-state index is 0.514. The maximum atomic E-state index is 5.85. The molecule has 2 aromatic carbocycles. The number of nitrogen functional groups attached to an aromatic ring is 1. The Morgan fingerprint density at radius 3 is 2.10 bits per heavy atom. The van der Waals surface area contributed by atoms with Gasteiger partial charge in [-0.1, -0.05) is 18.2 Å². The molecule has 106 valence electrons. The first-order valence-electron chi connectivity index (χ1n) is 6.36. The molecule has 0 heterocycles. The van der Waals surface area contributed by atoms with Gasteiger partial charge < -0.3 is 19.9 Å². The van der Waals surface area contributed by atoms with E-state index in [0.717, 1.165) is 16.9 Å². The monoisotopic (exact) mass is 273 g/mol. The van der Waals surface area contributed by atoms with Gasteiger partial charge in [-0.2, -0.15) is 0 Å². The van der Waals surface area contributed by atoms with Gasteiger partial charge in [-0.15, -0.1) is 0 Å². The molecule has 0 aliphatic carbocycles. The van der Waals surface area contributed by atoms with E-state index in [1.165, 1.54) is 0 Å². The van der Waals surface area contributed by atoms with E-state index in [2.05, 4.69) is 0 Å². The topological polar surface area (TPSA) is 53.7 Å². The first kappa shape index (κ1) is 14.2. The lowest BCUT2D eigenvalue weighted by molar-refractivity contribution is 0.107. The predicted octanol–water partition coefficient (Wildman–Crippen LogP) is 3.00. The molecular formula is C16H19NO3. The highest BCUT2D eigenvalue weighted by Gasteiger charge is 2.01. The summed E-state index contributed by atoms with van der Waals surface area (Å²) in [5, 5.41) is 0. The van der Waals surface area contributed by atoms with Crippen molar-refractivity contribution >= 4 is 5.69 Å². The van der Waals surface area contributed by atoms with E-state index in [9.17, 15) is 0 Å². The SMILES string of the molecule is COc1ccc(COCc2ccc(OC)c(N)c2)cc1. The molecule has 0 aliphatic rings. The van der Waals surface area contributed by atoms with Gasteiger partial charge in [0.1, 0.15) is 11.5 Å². The van der Waals surface area contributed by atoms with Crippen LogP contribution in [-0.4, -0.2) is 14.2 Å². The number of anilines is 1. The summed E-state index contributed by atoms with van der Waals surface area (Å²) in [5.74, 6) is 1.53. The summed E-state index contributed by atoms with van der Waals surface area (Å²) in [6.45, 7) is 1.07. The van der Waals surface area contributed by atoms with Gasteiger partial charge in [0.05, 0.1) is 33.1 Å². The van der Waals surface area contributed by atoms with Crippen LogP contribution in [0.5, 0.6) is 11.5 Å². The van der Waals surface area contributed by atoms with Gasteiger partial charge in [-0.25, -0.2) is 0 Å². The van der Waals surface area contributed by atoms with Crippen LogP contribution in [0.4, 0.5) is 5.69 Å². The molecule has 0 spiro atoms. The van der Waals surface area contributed by atoms with Crippen LogP contribution in [0, 0.1) is 0 Å². The summed E-state index contributed by atoms with van der Waals surface area (Å²) in [6.07, 6.45) is 0. The summed E-state index contributed by atoms with van der Waals surface area (Å²) < 4.78 is 15.9. The number of benzene rings is 2. The van der Waals surface area contributed by atoms with Gasteiger partial charge in [-0.05, 0) is 35.4 Å². The standard InChI is InChI=1S/C16H19NO3/c1-18-14-6-3-12(4-7-14)10-20-11-13-5-8-16(19-2)15(17)9-13/h3-9H,10-11,17H2,1-2H3. The molecule has 2 rings (SSSR count). The molecule has 0 saturated carbocycles. The molecule has 0 atom stereocenters. The fraction of sp³-hybridized carbons (Fsp3) is 0.250. The highest BCUT2D eigenvalue weighted by Crippen LogP contribution is 2.22. The van der Waals surface area contributed by atoms with Gasteiger partial charge >= 0.3 is 0 Å². The van der Waals surface area contributed by atoms with E-state index in [1.807, 2.05) is 42.5 Å². The van der Waals surface area contributed by atoms with Crippen LogP contribution >= 0.6 is 0 Å². The molecule has 0 radical (unpaired) electrons. The largest absolute Gasteiger partial charge is 0.497 e. The summed E-state index contributed by atoms with van der Waals surface area (Å²) in [5.41, 5.74) is 8.60. The van der Waals surface area contributed by atoms with Gasteiger partial charge in [0.25, 0.3) is 0 Å².